The van der Waals surface area contributed by atoms with Crippen molar-refractivity contribution >= 4 is 23.9 Å². The molecule has 2 aromatic heterocycles. The van der Waals surface area contributed by atoms with Crippen LogP contribution >= 0.6 is 0 Å². The minimum atomic E-state index is -0.689. The van der Waals surface area contributed by atoms with Crippen LogP contribution in [0.25, 0.3) is 11.4 Å². The molecule has 0 amide bonds. The summed E-state index contributed by atoms with van der Waals surface area (Å²) in [5.74, 6) is -1.74. The fourth-order valence-corrected chi connectivity index (χ4v) is 5.14. The maximum atomic E-state index is 13.1. The first-order valence-electron chi connectivity index (χ1n) is 16.6. The molecule has 1 aliphatic heterocycles. The summed E-state index contributed by atoms with van der Waals surface area (Å²) in [6, 6.07) is 8.76. The van der Waals surface area contributed by atoms with Crippen LogP contribution in [0.15, 0.2) is 30.3 Å². The molecule has 13 heteroatoms. The first kappa shape index (κ1) is 39.5. The summed E-state index contributed by atoms with van der Waals surface area (Å²) in [6.07, 6.45) is 0. The highest BCUT2D eigenvalue weighted by Crippen LogP contribution is 2.21. The molecule has 4 bridgehead atoms. The van der Waals surface area contributed by atoms with Gasteiger partial charge in [0.1, 0.15) is 16.8 Å². The molecule has 49 heavy (non-hydrogen) atoms. The SMILES string of the molecule is COC(=O)c1cc2nc(c1)-c1cccc(n1)CN(CC(=O)OC(C)(C)C)CCN(CC(=O)OC(C)(C)C)CCN(CC(=O)OC(C)(C)C)C2. The second kappa shape index (κ2) is 16.6. The summed E-state index contributed by atoms with van der Waals surface area (Å²) in [6.45, 7) is 18.2. The molecule has 270 valence electrons. The van der Waals surface area contributed by atoms with Crippen LogP contribution in [0.1, 0.15) is 84.1 Å². The van der Waals surface area contributed by atoms with E-state index in [-0.39, 0.29) is 37.7 Å². The zero-order chi connectivity index (χ0) is 36.6. The van der Waals surface area contributed by atoms with Crippen LogP contribution in [-0.2, 0) is 46.4 Å². The number of methoxy groups -OCH3 is 1. The third-order valence-corrected chi connectivity index (χ3v) is 6.92. The Kier molecular flexibility index (Phi) is 13.4. The monoisotopic (exact) mass is 683 g/mol. The molecule has 3 rings (SSSR count). The third kappa shape index (κ3) is 14.6. The van der Waals surface area contributed by atoms with Gasteiger partial charge in [-0.3, -0.25) is 29.1 Å². The second-order valence-corrected chi connectivity index (χ2v) is 15.2. The Hall–Kier alpha value is -3.94. The number of ether oxygens (including phenoxy) is 4. The van der Waals surface area contributed by atoms with E-state index in [1.54, 1.807) is 39.0 Å². The lowest BCUT2D eigenvalue weighted by Crippen LogP contribution is -2.45. The summed E-state index contributed by atoms with van der Waals surface area (Å²) in [7, 11) is 1.31. The van der Waals surface area contributed by atoms with Crippen LogP contribution in [0.4, 0.5) is 0 Å². The van der Waals surface area contributed by atoms with E-state index in [1.807, 2.05) is 68.4 Å². The number of hydrogen-bond acceptors (Lipinski definition) is 13. The fourth-order valence-electron chi connectivity index (χ4n) is 5.14. The number of nitrogens with zero attached hydrogens (tertiary/aromatic N) is 5. The predicted molar refractivity (Wildman–Crippen MR) is 183 cm³/mol. The number of pyridine rings is 2. The Morgan fingerprint density at radius 3 is 1.51 bits per heavy atom. The zero-order valence-electron chi connectivity index (χ0n) is 30.8. The Bertz CT molecular complexity index is 1470. The van der Waals surface area contributed by atoms with Crippen molar-refractivity contribution in [2.75, 3.05) is 52.9 Å². The molecule has 1 aliphatic rings. The predicted octanol–water partition coefficient (Wildman–Crippen LogP) is 3.87. The van der Waals surface area contributed by atoms with E-state index < -0.39 is 34.7 Å². The minimum Gasteiger partial charge on any atom is -0.465 e. The van der Waals surface area contributed by atoms with Gasteiger partial charge in [-0.15, -0.1) is 0 Å². The number of rotatable bonds is 7. The molecular weight excluding hydrogens is 630 g/mol. The molecule has 0 aromatic carbocycles. The molecule has 0 aliphatic carbocycles. The molecule has 0 atom stereocenters. The normalized spacial score (nSPS) is 15.8. The summed E-state index contributed by atoms with van der Waals surface area (Å²) >= 11 is 0. The minimum absolute atomic E-state index is 0.00551. The standard InChI is InChI=1S/C36H53N5O8/c1-34(2,3)47-30(42)22-39-14-16-40(23-31(43)48-35(4,5)6)20-26-12-11-13-28(37-26)29-19-25(33(45)46-10)18-27(38-29)21-41(17-15-39)24-32(44)49-36(7,8)9/h11-13,18-19H,14-17,20-24H2,1-10H3. The van der Waals surface area contributed by atoms with Crippen molar-refractivity contribution in [1.29, 1.82) is 0 Å². The largest absolute Gasteiger partial charge is 0.465 e. The fraction of sp³-hybridized carbons (Fsp3) is 0.611. The molecule has 0 saturated heterocycles. The summed E-state index contributed by atoms with van der Waals surface area (Å²) in [5.41, 5.74) is 0.444. The highest BCUT2D eigenvalue weighted by Gasteiger charge is 2.26. The number of aromatic nitrogens is 2. The molecule has 0 unspecified atom stereocenters. The van der Waals surface area contributed by atoms with E-state index in [4.69, 9.17) is 28.9 Å². The lowest BCUT2D eigenvalue weighted by atomic mass is 10.1. The third-order valence-electron chi connectivity index (χ3n) is 6.92. The maximum Gasteiger partial charge on any atom is 0.337 e. The van der Waals surface area contributed by atoms with Crippen molar-refractivity contribution < 1.29 is 38.1 Å². The van der Waals surface area contributed by atoms with E-state index in [0.717, 1.165) is 0 Å². The number of carbonyl (C=O) groups excluding carboxylic acids is 4. The molecule has 0 spiro atoms. The second-order valence-electron chi connectivity index (χ2n) is 15.2. The van der Waals surface area contributed by atoms with Crippen LogP contribution in [0.5, 0.6) is 0 Å². The van der Waals surface area contributed by atoms with Gasteiger partial charge in [-0.2, -0.15) is 0 Å². The number of esters is 4. The topological polar surface area (TPSA) is 141 Å². The van der Waals surface area contributed by atoms with Gasteiger partial charge in [-0.25, -0.2) is 14.8 Å². The summed E-state index contributed by atoms with van der Waals surface area (Å²) in [4.78, 5) is 67.3. The number of carbonyl (C=O) groups is 4. The van der Waals surface area contributed by atoms with Crippen molar-refractivity contribution in [3.63, 3.8) is 0 Å². The van der Waals surface area contributed by atoms with Gasteiger partial charge in [0.25, 0.3) is 0 Å². The Morgan fingerprint density at radius 2 is 1.04 bits per heavy atom. The van der Waals surface area contributed by atoms with Crippen LogP contribution < -0.4 is 0 Å². The van der Waals surface area contributed by atoms with Gasteiger partial charge in [0, 0.05) is 39.3 Å². The highest BCUT2D eigenvalue weighted by molar-refractivity contribution is 5.90. The van der Waals surface area contributed by atoms with Gasteiger partial charge in [-0.1, -0.05) is 6.07 Å². The summed E-state index contributed by atoms with van der Waals surface area (Å²) < 4.78 is 22.0. The first-order valence-corrected chi connectivity index (χ1v) is 16.6. The average molecular weight is 684 g/mol. The molecule has 0 radical (unpaired) electrons. The van der Waals surface area contributed by atoms with Crippen LogP contribution in [0, 0.1) is 0 Å². The average Bonchev–Trinajstić information content (AvgIpc) is 2.94. The molecule has 0 fully saturated rings. The smallest absolute Gasteiger partial charge is 0.337 e. The van der Waals surface area contributed by atoms with Gasteiger partial charge < -0.3 is 18.9 Å². The molecule has 0 saturated carbocycles. The zero-order valence-corrected chi connectivity index (χ0v) is 30.8. The van der Waals surface area contributed by atoms with E-state index in [0.29, 0.717) is 55.5 Å². The highest BCUT2D eigenvalue weighted by atomic mass is 16.6. The maximum absolute atomic E-state index is 13.1. The van der Waals surface area contributed by atoms with Crippen molar-refractivity contribution in [1.82, 2.24) is 24.7 Å². The van der Waals surface area contributed by atoms with Gasteiger partial charge in [-0.05, 0) is 86.6 Å². The van der Waals surface area contributed by atoms with Crippen LogP contribution in [0.2, 0.25) is 0 Å². The number of fused-ring (bicyclic) bond motifs is 5. The van der Waals surface area contributed by atoms with E-state index >= 15 is 0 Å². The first-order chi connectivity index (χ1) is 22.7. The molecule has 13 nitrogen and oxygen atoms in total. The van der Waals surface area contributed by atoms with Gasteiger partial charge in [0.2, 0.25) is 0 Å². The van der Waals surface area contributed by atoms with Crippen LogP contribution in [-0.4, -0.2) is 118 Å². The van der Waals surface area contributed by atoms with E-state index in [1.165, 1.54) is 7.11 Å². The van der Waals surface area contributed by atoms with Crippen molar-refractivity contribution in [2.45, 2.75) is 92.2 Å². The van der Waals surface area contributed by atoms with Gasteiger partial charge in [0.05, 0.1) is 55.1 Å². The quantitative estimate of drug-likeness (QED) is 0.308. The van der Waals surface area contributed by atoms with Crippen LogP contribution in [0.3, 0.4) is 0 Å². The summed E-state index contributed by atoms with van der Waals surface area (Å²) in [5, 5.41) is 0. The Labute approximate surface area is 290 Å². The van der Waals surface area contributed by atoms with E-state index in [2.05, 4.69) is 0 Å². The molecule has 0 N–H and O–H groups in total. The van der Waals surface area contributed by atoms with Crippen molar-refractivity contribution in [3.8, 4) is 11.4 Å². The van der Waals surface area contributed by atoms with E-state index in [9.17, 15) is 19.2 Å². The number of hydrogen-bond donors (Lipinski definition) is 0. The molecule has 2 aromatic rings. The Balaban J connectivity index is 2.09. The molecule has 3 heterocycles. The lowest BCUT2D eigenvalue weighted by Gasteiger charge is -2.30. The van der Waals surface area contributed by atoms with Crippen molar-refractivity contribution in [3.05, 3.63) is 47.3 Å². The Morgan fingerprint density at radius 1 is 0.612 bits per heavy atom. The van der Waals surface area contributed by atoms with Crippen molar-refractivity contribution in [2.24, 2.45) is 0 Å². The molecular formula is C36H53N5O8. The van der Waals surface area contributed by atoms with Gasteiger partial charge in [0.15, 0.2) is 0 Å². The lowest BCUT2D eigenvalue weighted by molar-refractivity contribution is -0.158. The van der Waals surface area contributed by atoms with Gasteiger partial charge >= 0.3 is 23.9 Å².